The highest BCUT2D eigenvalue weighted by Gasteiger charge is 2.22. The predicted octanol–water partition coefficient (Wildman–Crippen LogP) is 5.57. The normalized spacial score (nSPS) is 11.6. The molecule has 0 radical (unpaired) electrons. The highest BCUT2D eigenvalue weighted by Crippen LogP contribution is 2.31. The monoisotopic (exact) mass is 532 g/mol. The van der Waals surface area contributed by atoms with Gasteiger partial charge in [-0.25, -0.2) is 22.2 Å². The number of sulfonamides is 1. The molecule has 0 atom stereocenters. The van der Waals surface area contributed by atoms with Gasteiger partial charge in [-0.15, -0.1) is 0 Å². The van der Waals surface area contributed by atoms with E-state index in [0.29, 0.717) is 40.6 Å². The number of halogens is 2. The van der Waals surface area contributed by atoms with Crippen molar-refractivity contribution in [2.75, 3.05) is 17.6 Å². The van der Waals surface area contributed by atoms with Crippen molar-refractivity contribution in [3.05, 3.63) is 107 Å². The summed E-state index contributed by atoms with van der Waals surface area (Å²) in [5, 5.41) is 9.64. The average molecular weight is 533 g/mol. The molecule has 7 nitrogen and oxygen atoms in total. The Morgan fingerprint density at radius 1 is 1.08 bits per heavy atom. The van der Waals surface area contributed by atoms with Crippen LogP contribution in [0.3, 0.4) is 0 Å². The number of nitrogens with zero attached hydrogens (tertiary/aromatic N) is 2. The molecular formula is C28H22F2N4O3S. The number of benzene rings is 3. The molecule has 0 aliphatic heterocycles. The lowest BCUT2D eigenvalue weighted by atomic mass is 9.99. The lowest BCUT2D eigenvalue weighted by Gasteiger charge is -2.14. The molecule has 0 fully saturated rings. The minimum Gasteiger partial charge on any atom is -0.479 e. The van der Waals surface area contributed by atoms with E-state index in [1.165, 1.54) is 13.2 Å². The van der Waals surface area contributed by atoms with Gasteiger partial charge in [-0.3, -0.25) is 4.72 Å². The standard InChI is InChI=1S/C28H22F2N4O3S/c1-37-28-26(34-38(35,36)27-12-8-22(29)16-23(27)30)11-10-25(33-28)20-7-9-24(32)21(15-20)14-19(17-31)13-18-5-3-2-4-6-18/h2-13,15-16,34H,14,32H2,1H3. The van der Waals surface area contributed by atoms with Crippen LogP contribution in [0, 0.1) is 23.0 Å². The van der Waals surface area contributed by atoms with Gasteiger partial charge in [-0.1, -0.05) is 36.4 Å². The van der Waals surface area contributed by atoms with Gasteiger partial charge >= 0.3 is 0 Å². The lowest BCUT2D eigenvalue weighted by molar-refractivity contribution is 0.400. The Kier molecular flexibility index (Phi) is 7.69. The van der Waals surface area contributed by atoms with Crippen molar-refractivity contribution in [2.24, 2.45) is 0 Å². The minimum atomic E-state index is -4.39. The van der Waals surface area contributed by atoms with Crippen LogP contribution < -0.4 is 15.2 Å². The number of methoxy groups -OCH3 is 1. The molecule has 0 amide bonds. The van der Waals surface area contributed by atoms with Crippen LogP contribution in [0.4, 0.5) is 20.2 Å². The summed E-state index contributed by atoms with van der Waals surface area (Å²) < 4.78 is 60.2. The van der Waals surface area contributed by atoms with Crippen molar-refractivity contribution in [1.82, 2.24) is 4.98 Å². The third kappa shape index (κ3) is 5.96. The number of rotatable bonds is 8. The van der Waals surface area contributed by atoms with Crippen LogP contribution in [0.2, 0.25) is 0 Å². The Balaban J connectivity index is 1.63. The molecule has 0 unspecified atom stereocenters. The molecule has 38 heavy (non-hydrogen) atoms. The molecule has 0 saturated heterocycles. The van der Waals surface area contributed by atoms with E-state index in [1.54, 1.807) is 30.3 Å². The average Bonchev–Trinajstić information content (AvgIpc) is 2.90. The van der Waals surface area contributed by atoms with Crippen LogP contribution >= 0.6 is 0 Å². The Morgan fingerprint density at radius 3 is 2.53 bits per heavy atom. The number of pyridine rings is 1. The second kappa shape index (κ2) is 11.1. The third-order valence-electron chi connectivity index (χ3n) is 5.59. The first-order chi connectivity index (χ1) is 18.2. The summed E-state index contributed by atoms with van der Waals surface area (Å²) in [6.07, 6.45) is 2.08. The fourth-order valence-corrected chi connectivity index (χ4v) is 4.84. The summed E-state index contributed by atoms with van der Waals surface area (Å²) in [5.41, 5.74) is 9.87. The van der Waals surface area contributed by atoms with Gasteiger partial charge in [0.05, 0.1) is 18.9 Å². The first kappa shape index (κ1) is 26.3. The summed E-state index contributed by atoms with van der Waals surface area (Å²) in [6.45, 7) is 0. The van der Waals surface area contributed by atoms with Crippen LogP contribution in [0.1, 0.15) is 11.1 Å². The number of anilines is 2. The van der Waals surface area contributed by atoms with Crippen LogP contribution in [0.15, 0.2) is 89.3 Å². The zero-order valence-electron chi connectivity index (χ0n) is 20.2. The van der Waals surface area contributed by atoms with Crippen LogP contribution in [0.25, 0.3) is 17.3 Å². The molecule has 3 aromatic carbocycles. The Hall–Kier alpha value is -4.75. The van der Waals surface area contributed by atoms with Crippen molar-refractivity contribution in [3.8, 4) is 23.2 Å². The lowest BCUT2D eigenvalue weighted by Crippen LogP contribution is -2.15. The first-order valence-electron chi connectivity index (χ1n) is 11.3. The largest absolute Gasteiger partial charge is 0.479 e. The van der Waals surface area contributed by atoms with Crippen molar-refractivity contribution >= 4 is 27.5 Å². The Morgan fingerprint density at radius 2 is 1.84 bits per heavy atom. The summed E-state index contributed by atoms with van der Waals surface area (Å²) in [4.78, 5) is 3.67. The second-order valence-corrected chi connectivity index (χ2v) is 9.87. The molecule has 0 saturated carbocycles. The van der Waals surface area contributed by atoms with Crippen LogP contribution in [-0.2, 0) is 16.4 Å². The molecule has 3 N–H and O–H groups in total. The third-order valence-corrected chi connectivity index (χ3v) is 6.98. The van der Waals surface area contributed by atoms with Gasteiger partial charge in [0.1, 0.15) is 22.2 Å². The summed E-state index contributed by atoms with van der Waals surface area (Å²) >= 11 is 0. The van der Waals surface area contributed by atoms with E-state index in [9.17, 15) is 22.5 Å². The highest BCUT2D eigenvalue weighted by molar-refractivity contribution is 7.92. The van der Waals surface area contributed by atoms with Crippen molar-refractivity contribution < 1.29 is 21.9 Å². The topological polar surface area (TPSA) is 118 Å². The number of nitriles is 1. The number of aromatic nitrogens is 1. The number of ether oxygens (including phenoxy) is 1. The van der Waals surface area contributed by atoms with Gasteiger partial charge in [-0.2, -0.15) is 5.26 Å². The molecule has 1 heterocycles. The quantitative estimate of drug-likeness (QED) is 0.226. The van der Waals surface area contributed by atoms with E-state index >= 15 is 0 Å². The molecule has 10 heteroatoms. The van der Waals surface area contributed by atoms with Gasteiger partial charge in [-0.05, 0) is 53.6 Å². The fraction of sp³-hybridized carbons (Fsp3) is 0.0714. The predicted molar refractivity (Wildman–Crippen MR) is 142 cm³/mol. The van der Waals surface area contributed by atoms with E-state index < -0.39 is 26.6 Å². The summed E-state index contributed by atoms with van der Waals surface area (Å²) in [5.74, 6) is -2.19. The zero-order valence-corrected chi connectivity index (χ0v) is 21.0. The fourth-order valence-electron chi connectivity index (χ4n) is 3.72. The zero-order chi connectivity index (χ0) is 27.3. The second-order valence-electron chi connectivity index (χ2n) is 8.22. The van der Waals surface area contributed by atoms with Gasteiger partial charge in [0, 0.05) is 29.3 Å². The number of allylic oxidation sites excluding steroid dienone is 1. The molecule has 4 rings (SSSR count). The van der Waals surface area contributed by atoms with Crippen molar-refractivity contribution in [3.63, 3.8) is 0 Å². The highest BCUT2D eigenvalue weighted by atomic mass is 32.2. The maximum Gasteiger partial charge on any atom is 0.264 e. The number of nitrogen functional groups attached to an aromatic ring is 1. The van der Waals surface area contributed by atoms with Gasteiger partial charge in [0.2, 0.25) is 5.88 Å². The molecule has 192 valence electrons. The molecule has 0 aliphatic carbocycles. The molecule has 1 aromatic heterocycles. The van der Waals surface area contributed by atoms with Crippen molar-refractivity contribution in [1.29, 1.82) is 5.26 Å². The molecule has 4 aromatic rings. The van der Waals surface area contributed by atoms with Gasteiger partial charge in [0.15, 0.2) is 0 Å². The van der Waals surface area contributed by atoms with E-state index in [4.69, 9.17) is 10.5 Å². The van der Waals surface area contributed by atoms with E-state index in [0.717, 1.165) is 17.7 Å². The number of hydrogen-bond donors (Lipinski definition) is 2. The Bertz CT molecular complexity index is 1670. The molecule has 0 bridgehead atoms. The van der Waals surface area contributed by atoms with Gasteiger partial charge in [0.25, 0.3) is 10.0 Å². The maximum absolute atomic E-state index is 14.1. The smallest absolute Gasteiger partial charge is 0.264 e. The number of hydrogen-bond acceptors (Lipinski definition) is 6. The summed E-state index contributed by atoms with van der Waals surface area (Å²) in [6, 6.07) is 22.0. The van der Waals surface area contributed by atoms with Crippen molar-refractivity contribution in [2.45, 2.75) is 11.3 Å². The maximum atomic E-state index is 14.1. The molecular weight excluding hydrogens is 510 g/mol. The van der Waals surface area contributed by atoms with Crippen LogP contribution in [0.5, 0.6) is 5.88 Å². The van der Waals surface area contributed by atoms with Gasteiger partial charge < -0.3 is 10.5 Å². The molecule has 0 aliphatic rings. The number of nitrogens with two attached hydrogens (primary N) is 1. The van der Waals surface area contributed by atoms with E-state index in [2.05, 4.69) is 15.8 Å². The number of nitrogens with one attached hydrogen (secondary N) is 1. The molecule has 0 spiro atoms. The SMILES string of the molecule is COc1nc(-c2ccc(N)c(CC(C#N)=Cc3ccccc3)c2)ccc1NS(=O)(=O)c1ccc(F)cc1F. The van der Waals surface area contributed by atoms with E-state index in [1.807, 2.05) is 30.3 Å². The minimum absolute atomic E-state index is 0.0341. The first-order valence-corrected chi connectivity index (χ1v) is 12.8. The Labute approximate surface area is 218 Å². The summed E-state index contributed by atoms with van der Waals surface area (Å²) in [7, 11) is -3.08. The van der Waals surface area contributed by atoms with E-state index in [-0.39, 0.29) is 11.6 Å². The van der Waals surface area contributed by atoms with Crippen LogP contribution in [-0.4, -0.2) is 20.5 Å².